The summed E-state index contributed by atoms with van der Waals surface area (Å²) in [4.78, 5) is 4.22. The van der Waals surface area contributed by atoms with Gasteiger partial charge in [0.15, 0.2) is 0 Å². The van der Waals surface area contributed by atoms with Crippen molar-refractivity contribution in [2.24, 2.45) is 5.84 Å². The van der Waals surface area contributed by atoms with E-state index in [9.17, 15) is 8.78 Å². The number of hydrogen-bond acceptors (Lipinski definition) is 3. The van der Waals surface area contributed by atoms with Crippen molar-refractivity contribution in [3.63, 3.8) is 0 Å². The highest BCUT2D eigenvalue weighted by molar-refractivity contribution is 5.23. The monoisotopic (exact) mass is 263 g/mol. The van der Waals surface area contributed by atoms with Crippen molar-refractivity contribution >= 4 is 0 Å². The predicted octanol–water partition coefficient (Wildman–Crippen LogP) is 2.42. The number of halogens is 2. The van der Waals surface area contributed by atoms with Crippen LogP contribution in [0.5, 0.6) is 0 Å². The molecule has 0 saturated carbocycles. The summed E-state index contributed by atoms with van der Waals surface area (Å²) in [5, 5.41) is 0. The molecule has 0 fully saturated rings. The maximum Gasteiger partial charge on any atom is 0.126 e. The third-order valence-corrected chi connectivity index (χ3v) is 2.86. The average Bonchev–Trinajstić information content (AvgIpc) is 2.34. The Morgan fingerprint density at radius 2 is 1.89 bits per heavy atom. The number of aromatic nitrogens is 1. The number of nitrogens with two attached hydrogens (primary N) is 1. The molecule has 0 saturated heterocycles. The fourth-order valence-electron chi connectivity index (χ4n) is 1.96. The molecule has 2 aromatic rings. The lowest BCUT2D eigenvalue weighted by molar-refractivity contribution is 0.529. The van der Waals surface area contributed by atoms with E-state index < -0.39 is 11.6 Å². The van der Waals surface area contributed by atoms with Gasteiger partial charge in [0.2, 0.25) is 0 Å². The van der Waals surface area contributed by atoms with Gasteiger partial charge in [0.25, 0.3) is 0 Å². The van der Waals surface area contributed by atoms with Crippen molar-refractivity contribution in [3.8, 4) is 0 Å². The third kappa shape index (κ3) is 3.56. The molecular weight excluding hydrogens is 248 g/mol. The van der Waals surface area contributed by atoms with Crippen molar-refractivity contribution in [1.29, 1.82) is 0 Å². The number of hydrogen-bond donors (Lipinski definition) is 2. The number of hydrazine groups is 1. The number of benzene rings is 1. The van der Waals surface area contributed by atoms with Crippen LogP contribution in [0.25, 0.3) is 0 Å². The maximum atomic E-state index is 13.1. The number of pyridine rings is 1. The van der Waals surface area contributed by atoms with Crippen molar-refractivity contribution in [2.75, 3.05) is 0 Å². The lowest BCUT2D eigenvalue weighted by Crippen LogP contribution is -2.30. The Hall–Kier alpha value is -1.85. The molecule has 3 nitrogen and oxygen atoms in total. The van der Waals surface area contributed by atoms with E-state index in [1.54, 1.807) is 6.20 Å². The SMILES string of the molecule is Cc1ccnc(C(Cc2cc(F)cc(F)c2)NN)c1. The molecule has 0 aliphatic heterocycles. The lowest BCUT2D eigenvalue weighted by atomic mass is 10.0. The van der Waals surface area contributed by atoms with Gasteiger partial charge in [-0.25, -0.2) is 8.78 Å². The van der Waals surface area contributed by atoms with Crippen LogP contribution in [0.1, 0.15) is 22.9 Å². The molecule has 3 N–H and O–H groups in total. The van der Waals surface area contributed by atoms with Gasteiger partial charge in [-0.3, -0.25) is 16.3 Å². The van der Waals surface area contributed by atoms with E-state index in [1.807, 2.05) is 19.1 Å². The van der Waals surface area contributed by atoms with Crippen LogP contribution in [0.15, 0.2) is 36.5 Å². The molecule has 2 rings (SSSR count). The van der Waals surface area contributed by atoms with Gasteiger partial charge < -0.3 is 0 Å². The Bertz CT molecular complexity index is 552. The van der Waals surface area contributed by atoms with Crippen LogP contribution in [0.3, 0.4) is 0 Å². The first kappa shape index (κ1) is 13.6. The topological polar surface area (TPSA) is 50.9 Å². The van der Waals surface area contributed by atoms with Gasteiger partial charge in [0.05, 0.1) is 11.7 Å². The third-order valence-electron chi connectivity index (χ3n) is 2.86. The van der Waals surface area contributed by atoms with Crippen LogP contribution in [0.4, 0.5) is 8.78 Å². The van der Waals surface area contributed by atoms with Gasteiger partial charge >= 0.3 is 0 Å². The number of nitrogens with one attached hydrogen (secondary N) is 1. The molecule has 1 heterocycles. The number of aryl methyl sites for hydroxylation is 1. The first-order chi connectivity index (χ1) is 9.08. The minimum atomic E-state index is -0.594. The van der Waals surface area contributed by atoms with E-state index in [1.165, 1.54) is 12.1 Å². The molecule has 0 spiro atoms. The Kier molecular flexibility index (Phi) is 4.19. The van der Waals surface area contributed by atoms with Gasteiger partial charge in [0.1, 0.15) is 11.6 Å². The van der Waals surface area contributed by atoms with Gasteiger partial charge in [-0.15, -0.1) is 0 Å². The summed E-state index contributed by atoms with van der Waals surface area (Å²) in [5.74, 6) is 4.31. The zero-order chi connectivity index (χ0) is 13.8. The zero-order valence-electron chi connectivity index (χ0n) is 10.5. The smallest absolute Gasteiger partial charge is 0.126 e. The summed E-state index contributed by atoms with van der Waals surface area (Å²) in [5.41, 5.74) is 4.95. The van der Waals surface area contributed by atoms with Gasteiger partial charge in [-0.1, -0.05) is 0 Å². The second-order valence-corrected chi connectivity index (χ2v) is 4.46. The summed E-state index contributed by atoms with van der Waals surface area (Å²) in [6, 6.07) is 6.91. The van der Waals surface area contributed by atoms with E-state index in [2.05, 4.69) is 10.4 Å². The summed E-state index contributed by atoms with van der Waals surface area (Å²) in [7, 11) is 0. The lowest BCUT2D eigenvalue weighted by Gasteiger charge is -2.16. The molecule has 0 aliphatic rings. The second kappa shape index (κ2) is 5.86. The molecule has 1 aromatic carbocycles. The molecule has 100 valence electrons. The normalized spacial score (nSPS) is 12.4. The van der Waals surface area contributed by atoms with Gasteiger partial charge in [-0.2, -0.15) is 0 Å². The Balaban J connectivity index is 2.23. The standard InChI is InChI=1S/C14H15F2N3/c1-9-2-3-18-13(4-9)14(19-17)7-10-5-11(15)8-12(16)6-10/h2-6,8,14,19H,7,17H2,1H3. The molecule has 5 heteroatoms. The van der Waals surface area contributed by atoms with E-state index in [-0.39, 0.29) is 6.04 Å². The quantitative estimate of drug-likeness (QED) is 0.658. The highest BCUT2D eigenvalue weighted by atomic mass is 19.1. The molecule has 0 amide bonds. The van der Waals surface area contributed by atoms with Crippen molar-refractivity contribution in [1.82, 2.24) is 10.4 Å². The van der Waals surface area contributed by atoms with Gasteiger partial charge in [-0.05, 0) is 48.7 Å². The minimum absolute atomic E-state index is 0.291. The molecule has 1 aromatic heterocycles. The van der Waals surface area contributed by atoms with Crippen molar-refractivity contribution in [2.45, 2.75) is 19.4 Å². The summed E-state index contributed by atoms with van der Waals surface area (Å²) in [6.07, 6.45) is 2.04. The summed E-state index contributed by atoms with van der Waals surface area (Å²) < 4.78 is 26.3. The molecule has 0 radical (unpaired) electrons. The highest BCUT2D eigenvalue weighted by Crippen LogP contribution is 2.18. The first-order valence-electron chi connectivity index (χ1n) is 5.92. The van der Waals surface area contributed by atoms with E-state index >= 15 is 0 Å². The van der Waals surface area contributed by atoms with E-state index in [4.69, 9.17) is 5.84 Å². The van der Waals surface area contributed by atoms with Crippen LogP contribution in [-0.4, -0.2) is 4.98 Å². The predicted molar refractivity (Wildman–Crippen MR) is 69.1 cm³/mol. The number of rotatable bonds is 4. The number of nitrogens with zero attached hydrogens (tertiary/aromatic N) is 1. The van der Waals surface area contributed by atoms with Crippen molar-refractivity contribution < 1.29 is 8.78 Å². The Morgan fingerprint density at radius 3 is 2.47 bits per heavy atom. The fourth-order valence-corrected chi connectivity index (χ4v) is 1.96. The zero-order valence-corrected chi connectivity index (χ0v) is 10.5. The Labute approximate surface area is 110 Å². The van der Waals surface area contributed by atoms with Crippen LogP contribution >= 0.6 is 0 Å². The largest absolute Gasteiger partial charge is 0.271 e. The molecule has 0 bridgehead atoms. The maximum absolute atomic E-state index is 13.1. The molecule has 0 aliphatic carbocycles. The van der Waals surface area contributed by atoms with E-state index in [0.29, 0.717) is 12.0 Å². The molecule has 1 atom stereocenters. The molecule has 1 unspecified atom stereocenters. The average molecular weight is 263 g/mol. The summed E-state index contributed by atoms with van der Waals surface area (Å²) in [6.45, 7) is 1.95. The fraction of sp³-hybridized carbons (Fsp3) is 0.214. The molecular formula is C14H15F2N3. The molecule has 19 heavy (non-hydrogen) atoms. The first-order valence-corrected chi connectivity index (χ1v) is 5.92. The van der Waals surface area contributed by atoms with Crippen molar-refractivity contribution in [3.05, 3.63) is 65.0 Å². The van der Waals surface area contributed by atoms with Crippen LogP contribution in [0.2, 0.25) is 0 Å². The van der Waals surface area contributed by atoms with Gasteiger partial charge in [0, 0.05) is 12.3 Å². The van der Waals surface area contributed by atoms with E-state index in [0.717, 1.165) is 17.3 Å². The minimum Gasteiger partial charge on any atom is -0.271 e. The van der Waals surface area contributed by atoms with Crippen LogP contribution < -0.4 is 11.3 Å². The Morgan fingerprint density at radius 1 is 1.21 bits per heavy atom. The van der Waals surface area contributed by atoms with Crippen LogP contribution in [-0.2, 0) is 6.42 Å². The second-order valence-electron chi connectivity index (χ2n) is 4.46. The highest BCUT2D eigenvalue weighted by Gasteiger charge is 2.13. The summed E-state index contributed by atoms with van der Waals surface area (Å²) >= 11 is 0. The van der Waals surface area contributed by atoms with Crippen LogP contribution in [0, 0.1) is 18.6 Å².